The zero-order valence-corrected chi connectivity index (χ0v) is 10.7. The maximum Gasteiger partial charge on any atom is 0.307 e. The van der Waals surface area contributed by atoms with E-state index in [1.807, 2.05) is 6.92 Å². The third-order valence-electron chi connectivity index (χ3n) is 4.04. The Labute approximate surface area is 107 Å². The number of aliphatic carboxylic acids is 1. The Morgan fingerprint density at radius 3 is 2.33 bits per heavy atom. The molecule has 102 valence electrons. The Morgan fingerprint density at radius 1 is 1.22 bits per heavy atom. The third-order valence-corrected chi connectivity index (χ3v) is 4.04. The van der Waals surface area contributed by atoms with Crippen LogP contribution < -0.4 is 0 Å². The lowest BCUT2D eigenvalue weighted by Gasteiger charge is -2.26. The number of amides is 1. The highest BCUT2D eigenvalue weighted by Gasteiger charge is 2.45. The monoisotopic (exact) mass is 255 g/mol. The zero-order valence-electron chi connectivity index (χ0n) is 10.7. The summed E-state index contributed by atoms with van der Waals surface area (Å²) < 4.78 is 0. The van der Waals surface area contributed by atoms with Gasteiger partial charge in [-0.05, 0) is 31.6 Å². The standard InChI is InChI=1S/C13H21NO4/c1-8-6-10(11(7-8)13(17)18)12(16)14(4-5-15)9-2-3-9/h8-11,15H,2-7H2,1H3,(H,17,18)/t8?,10-,11+/m0/s1. The number of hydrogen-bond acceptors (Lipinski definition) is 3. The first-order valence-corrected chi connectivity index (χ1v) is 6.68. The van der Waals surface area contributed by atoms with E-state index in [-0.39, 0.29) is 24.5 Å². The van der Waals surface area contributed by atoms with Gasteiger partial charge in [0.05, 0.1) is 18.4 Å². The van der Waals surface area contributed by atoms with Gasteiger partial charge in [0.1, 0.15) is 0 Å². The van der Waals surface area contributed by atoms with Gasteiger partial charge < -0.3 is 15.1 Å². The number of carboxylic acids is 1. The summed E-state index contributed by atoms with van der Waals surface area (Å²) in [6.07, 6.45) is 3.20. The number of carbonyl (C=O) groups is 2. The number of rotatable bonds is 5. The Morgan fingerprint density at radius 2 is 1.83 bits per heavy atom. The second kappa shape index (κ2) is 5.26. The largest absolute Gasteiger partial charge is 0.481 e. The molecular weight excluding hydrogens is 234 g/mol. The summed E-state index contributed by atoms with van der Waals surface area (Å²) in [4.78, 5) is 25.3. The number of carboxylic acid groups (broad SMARTS) is 1. The van der Waals surface area contributed by atoms with Gasteiger partial charge in [0, 0.05) is 12.6 Å². The van der Waals surface area contributed by atoms with E-state index in [0.717, 1.165) is 12.8 Å². The zero-order chi connectivity index (χ0) is 13.3. The van der Waals surface area contributed by atoms with Gasteiger partial charge in [-0.25, -0.2) is 0 Å². The summed E-state index contributed by atoms with van der Waals surface area (Å²) in [5.41, 5.74) is 0. The van der Waals surface area contributed by atoms with Crippen LogP contribution in [0.5, 0.6) is 0 Å². The smallest absolute Gasteiger partial charge is 0.307 e. The number of aliphatic hydroxyl groups excluding tert-OH is 1. The van der Waals surface area contributed by atoms with E-state index in [9.17, 15) is 14.7 Å². The molecule has 5 nitrogen and oxygen atoms in total. The predicted octanol–water partition coefficient (Wildman–Crippen LogP) is 0.717. The van der Waals surface area contributed by atoms with Gasteiger partial charge >= 0.3 is 5.97 Å². The van der Waals surface area contributed by atoms with Crippen molar-refractivity contribution in [1.29, 1.82) is 0 Å². The van der Waals surface area contributed by atoms with Crippen molar-refractivity contribution in [3.8, 4) is 0 Å². The van der Waals surface area contributed by atoms with E-state index in [1.54, 1.807) is 4.90 Å². The van der Waals surface area contributed by atoms with E-state index in [1.165, 1.54) is 0 Å². The fraction of sp³-hybridized carbons (Fsp3) is 0.846. The van der Waals surface area contributed by atoms with Crippen molar-refractivity contribution in [3.05, 3.63) is 0 Å². The molecule has 0 heterocycles. The van der Waals surface area contributed by atoms with Gasteiger partial charge in [0.2, 0.25) is 5.91 Å². The average Bonchev–Trinajstić information content (AvgIpc) is 3.07. The van der Waals surface area contributed by atoms with Crippen LogP contribution in [0.3, 0.4) is 0 Å². The molecule has 2 rings (SSSR count). The van der Waals surface area contributed by atoms with Crippen molar-refractivity contribution in [2.75, 3.05) is 13.2 Å². The van der Waals surface area contributed by atoms with Crippen LogP contribution in [0.2, 0.25) is 0 Å². The first-order chi connectivity index (χ1) is 8.54. The Hall–Kier alpha value is -1.10. The van der Waals surface area contributed by atoms with E-state index >= 15 is 0 Å². The minimum atomic E-state index is -0.863. The predicted molar refractivity (Wildman–Crippen MR) is 64.8 cm³/mol. The average molecular weight is 255 g/mol. The maximum atomic E-state index is 12.4. The minimum absolute atomic E-state index is 0.0533. The summed E-state index contributed by atoms with van der Waals surface area (Å²) in [6.45, 7) is 2.28. The lowest BCUT2D eigenvalue weighted by molar-refractivity contribution is -0.149. The molecule has 5 heteroatoms. The molecule has 0 bridgehead atoms. The second-order valence-electron chi connectivity index (χ2n) is 5.61. The molecule has 2 aliphatic rings. The molecule has 0 aromatic heterocycles. The summed E-state index contributed by atoms with van der Waals surface area (Å²) >= 11 is 0. The van der Waals surface area contributed by atoms with E-state index in [0.29, 0.717) is 19.4 Å². The molecule has 1 unspecified atom stereocenters. The molecule has 18 heavy (non-hydrogen) atoms. The molecule has 2 saturated carbocycles. The van der Waals surface area contributed by atoms with E-state index in [2.05, 4.69) is 0 Å². The van der Waals surface area contributed by atoms with Crippen LogP contribution in [0.15, 0.2) is 0 Å². The molecular formula is C13H21NO4. The first-order valence-electron chi connectivity index (χ1n) is 6.68. The van der Waals surface area contributed by atoms with Crippen LogP contribution in [-0.2, 0) is 9.59 Å². The minimum Gasteiger partial charge on any atom is -0.481 e. The highest BCUT2D eigenvalue weighted by atomic mass is 16.4. The summed E-state index contributed by atoms with van der Waals surface area (Å²) in [7, 11) is 0. The molecule has 2 fully saturated rings. The fourth-order valence-corrected chi connectivity index (χ4v) is 3.02. The van der Waals surface area contributed by atoms with Crippen LogP contribution in [-0.4, -0.2) is 46.2 Å². The molecule has 0 radical (unpaired) electrons. The van der Waals surface area contributed by atoms with Crippen molar-refractivity contribution in [2.45, 2.75) is 38.6 Å². The molecule has 0 aromatic carbocycles. The highest BCUT2D eigenvalue weighted by Crippen LogP contribution is 2.39. The van der Waals surface area contributed by atoms with Crippen LogP contribution in [0, 0.1) is 17.8 Å². The Kier molecular flexibility index (Phi) is 3.90. The lowest BCUT2D eigenvalue weighted by Crippen LogP contribution is -2.42. The van der Waals surface area contributed by atoms with E-state index in [4.69, 9.17) is 5.11 Å². The van der Waals surface area contributed by atoms with Crippen molar-refractivity contribution in [2.24, 2.45) is 17.8 Å². The van der Waals surface area contributed by atoms with Crippen molar-refractivity contribution in [1.82, 2.24) is 4.90 Å². The molecule has 3 atom stereocenters. The number of aliphatic hydroxyl groups is 1. The maximum absolute atomic E-state index is 12.4. The van der Waals surface area contributed by atoms with Gasteiger partial charge in [-0.2, -0.15) is 0 Å². The van der Waals surface area contributed by atoms with Crippen molar-refractivity contribution >= 4 is 11.9 Å². The topological polar surface area (TPSA) is 77.8 Å². The molecule has 0 saturated heterocycles. The summed E-state index contributed by atoms with van der Waals surface area (Å²) in [6, 6.07) is 0.231. The van der Waals surface area contributed by atoms with Crippen LogP contribution >= 0.6 is 0 Å². The Bertz CT molecular complexity index is 340. The lowest BCUT2D eigenvalue weighted by atomic mass is 9.94. The van der Waals surface area contributed by atoms with Crippen molar-refractivity contribution in [3.63, 3.8) is 0 Å². The molecule has 0 aliphatic heterocycles. The molecule has 2 N–H and O–H groups in total. The highest BCUT2D eigenvalue weighted by molar-refractivity contribution is 5.85. The summed E-state index contributed by atoms with van der Waals surface area (Å²) in [5.74, 6) is -1.59. The van der Waals surface area contributed by atoms with Gasteiger partial charge in [0.25, 0.3) is 0 Å². The van der Waals surface area contributed by atoms with Gasteiger partial charge in [-0.15, -0.1) is 0 Å². The van der Waals surface area contributed by atoms with E-state index < -0.39 is 17.8 Å². The van der Waals surface area contributed by atoms with Gasteiger partial charge in [-0.1, -0.05) is 6.92 Å². The molecule has 0 spiro atoms. The van der Waals surface area contributed by atoms with Crippen LogP contribution in [0.4, 0.5) is 0 Å². The second-order valence-corrected chi connectivity index (χ2v) is 5.61. The third kappa shape index (κ3) is 2.66. The fourth-order valence-electron chi connectivity index (χ4n) is 3.02. The number of nitrogens with zero attached hydrogens (tertiary/aromatic N) is 1. The van der Waals surface area contributed by atoms with Crippen LogP contribution in [0.1, 0.15) is 32.6 Å². The molecule has 2 aliphatic carbocycles. The number of hydrogen-bond donors (Lipinski definition) is 2. The molecule has 1 amide bonds. The SMILES string of the molecule is CC1C[C@H](C(=O)N(CCO)C2CC2)[C@H](C(=O)O)C1. The van der Waals surface area contributed by atoms with Crippen LogP contribution in [0.25, 0.3) is 0 Å². The molecule has 0 aromatic rings. The Balaban J connectivity index is 2.08. The van der Waals surface area contributed by atoms with Gasteiger partial charge in [-0.3, -0.25) is 9.59 Å². The van der Waals surface area contributed by atoms with Crippen molar-refractivity contribution < 1.29 is 19.8 Å². The number of carbonyl (C=O) groups excluding carboxylic acids is 1. The van der Waals surface area contributed by atoms with Gasteiger partial charge in [0.15, 0.2) is 0 Å². The quantitative estimate of drug-likeness (QED) is 0.758. The first kappa shape index (κ1) is 13.3. The normalized spacial score (nSPS) is 31.3. The summed E-state index contributed by atoms with van der Waals surface area (Å²) in [5, 5.41) is 18.2.